The Morgan fingerprint density at radius 1 is 0.429 bits per heavy atom. The Morgan fingerprint density at radius 2 is 1.06 bits per heavy atom. The molecule has 1 heterocycles. The molecule has 0 bridgehead atoms. The van der Waals surface area contributed by atoms with Crippen molar-refractivity contribution in [1.29, 1.82) is 0 Å². The molecule has 0 spiro atoms. The molecule has 1 aliphatic carbocycles. The van der Waals surface area contributed by atoms with E-state index in [0.29, 0.717) is 0 Å². The van der Waals surface area contributed by atoms with Crippen molar-refractivity contribution in [3.8, 4) is 44.5 Å². The summed E-state index contributed by atoms with van der Waals surface area (Å²) in [5.41, 5.74) is 12.2. The summed E-state index contributed by atoms with van der Waals surface area (Å²) in [7, 11) is 0. The van der Waals surface area contributed by atoms with Crippen molar-refractivity contribution >= 4 is 22.1 Å². The van der Waals surface area contributed by atoms with Gasteiger partial charge in [-0.05, 0) is 85.6 Å². The standard InChI is InChI=1S/C33H22N2/c1-2-7-29-28(6-1)31-9-3-8-30-27(18-19-32(29)33(30)31)23-12-16-26(17-13-23)35-25-14-10-22(11-15-25)24-5-4-20-34-21-24/h1-21,35H. The molecule has 0 saturated carbocycles. The average molecular weight is 447 g/mol. The molecule has 0 atom stereocenters. The molecule has 0 unspecified atom stereocenters. The first kappa shape index (κ1) is 19.7. The van der Waals surface area contributed by atoms with Crippen LogP contribution in [0.15, 0.2) is 128 Å². The van der Waals surface area contributed by atoms with Crippen LogP contribution in [0, 0.1) is 0 Å². The van der Waals surface area contributed by atoms with Crippen molar-refractivity contribution in [2.75, 3.05) is 5.32 Å². The largest absolute Gasteiger partial charge is 0.356 e. The Balaban J connectivity index is 1.19. The third kappa shape index (κ3) is 3.31. The van der Waals surface area contributed by atoms with E-state index in [1.807, 2.05) is 12.3 Å². The predicted octanol–water partition coefficient (Wildman–Crippen LogP) is 8.96. The molecular formula is C33H22N2. The first-order valence-electron chi connectivity index (χ1n) is 11.9. The molecule has 1 aliphatic rings. The highest BCUT2D eigenvalue weighted by Gasteiger charge is 2.21. The molecule has 6 aromatic rings. The van der Waals surface area contributed by atoms with Gasteiger partial charge in [-0.25, -0.2) is 0 Å². The van der Waals surface area contributed by atoms with Gasteiger partial charge in [-0.2, -0.15) is 0 Å². The van der Waals surface area contributed by atoms with Crippen molar-refractivity contribution in [2.24, 2.45) is 0 Å². The number of rotatable bonds is 4. The third-order valence-electron chi connectivity index (χ3n) is 6.91. The summed E-state index contributed by atoms with van der Waals surface area (Å²) in [6.07, 6.45) is 3.69. The second kappa shape index (κ2) is 7.96. The van der Waals surface area contributed by atoms with Crippen LogP contribution in [0.3, 0.4) is 0 Å². The molecule has 164 valence electrons. The number of nitrogens with zero attached hydrogens (tertiary/aromatic N) is 1. The summed E-state index contributed by atoms with van der Waals surface area (Å²) in [5, 5.41) is 6.19. The minimum atomic E-state index is 1.06. The summed E-state index contributed by atoms with van der Waals surface area (Å²) in [5.74, 6) is 0. The second-order valence-corrected chi connectivity index (χ2v) is 8.96. The Bertz CT molecular complexity index is 1650. The zero-order valence-corrected chi connectivity index (χ0v) is 19.1. The summed E-state index contributed by atoms with van der Waals surface area (Å²) in [4.78, 5) is 4.21. The average Bonchev–Trinajstić information content (AvgIpc) is 3.26. The molecular weight excluding hydrogens is 424 g/mol. The highest BCUT2D eigenvalue weighted by atomic mass is 14.9. The Kier molecular flexibility index (Phi) is 4.49. The number of fused-ring (bicyclic) bond motifs is 3. The monoisotopic (exact) mass is 446 g/mol. The topological polar surface area (TPSA) is 24.9 Å². The normalized spacial score (nSPS) is 11.4. The molecule has 2 nitrogen and oxygen atoms in total. The van der Waals surface area contributed by atoms with Gasteiger partial charge in [-0.1, -0.05) is 84.9 Å². The molecule has 2 heteroatoms. The number of nitrogens with one attached hydrogen (secondary N) is 1. The molecule has 1 N–H and O–H groups in total. The fraction of sp³-hybridized carbons (Fsp3) is 0. The Labute approximate surface area is 204 Å². The van der Waals surface area contributed by atoms with Crippen molar-refractivity contribution in [2.45, 2.75) is 0 Å². The van der Waals surface area contributed by atoms with Gasteiger partial charge in [0.1, 0.15) is 0 Å². The molecule has 0 fully saturated rings. The molecule has 0 saturated heterocycles. The number of hydrogen-bond acceptors (Lipinski definition) is 2. The van der Waals surface area contributed by atoms with E-state index < -0.39 is 0 Å². The molecule has 35 heavy (non-hydrogen) atoms. The lowest BCUT2D eigenvalue weighted by atomic mass is 9.94. The zero-order valence-electron chi connectivity index (χ0n) is 19.1. The highest BCUT2D eigenvalue weighted by molar-refractivity contribution is 6.18. The maximum absolute atomic E-state index is 4.21. The van der Waals surface area contributed by atoms with Crippen molar-refractivity contribution in [3.63, 3.8) is 0 Å². The molecule has 0 amide bonds. The maximum atomic E-state index is 4.21. The lowest BCUT2D eigenvalue weighted by Crippen LogP contribution is -1.90. The second-order valence-electron chi connectivity index (χ2n) is 8.96. The van der Waals surface area contributed by atoms with Crippen LogP contribution in [0.1, 0.15) is 0 Å². The van der Waals surface area contributed by atoms with Gasteiger partial charge < -0.3 is 5.32 Å². The predicted molar refractivity (Wildman–Crippen MR) is 147 cm³/mol. The molecule has 0 radical (unpaired) electrons. The van der Waals surface area contributed by atoms with Gasteiger partial charge in [0.2, 0.25) is 0 Å². The molecule has 1 aromatic heterocycles. The van der Waals surface area contributed by atoms with Gasteiger partial charge in [0, 0.05) is 23.8 Å². The van der Waals surface area contributed by atoms with Gasteiger partial charge in [0.05, 0.1) is 0 Å². The Hall–Kier alpha value is -4.69. The van der Waals surface area contributed by atoms with E-state index in [2.05, 4.69) is 119 Å². The van der Waals surface area contributed by atoms with Crippen LogP contribution in [0.2, 0.25) is 0 Å². The maximum Gasteiger partial charge on any atom is 0.0384 e. The van der Waals surface area contributed by atoms with Gasteiger partial charge in [0.15, 0.2) is 0 Å². The van der Waals surface area contributed by atoms with Gasteiger partial charge >= 0.3 is 0 Å². The number of hydrogen-bond donors (Lipinski definition) is 1. The summed E-state index contributed by atoms with van der Waals surface area (Å²) in [6, 6.07) is 41.2. The van der Waals surface area contributed by atoms with E-state index in [4.69, 9.17) is 0 Å². The number of anilines is 2. The lowest BCUT2D eigenvalue weighted by Gasteiger charge is -2.12. The molecule has 5 aromatic carbocycles. The number of benzene rings is 5. The third-order valence-corrected chi connectivity index (χ3v) is 6.91. The van der Waals surface area contributed by atoms with Crippen LogP contribution in [0.25, 0.3) is 55.3 Å². The fourth-order valence-electron chi connectivity index (χ4n) is 5.24. The Morgan fingerprint density at radius 3 is 1.74 bits per heavy atom. The fourth-order valence-corrected chi connectivity index (χ4v) is 5.24. The summed E-state index contributed by atoms with van der Waals surface area (Å²) < 4.78 is 0. The smallest absolute Gasteiger partial charge is 0.0384 e. The van der Waals surface area contributed by atoms with E-state index in [1.54, 1.807) is 6.20 Å². The minimum Gasteiger partial charge on any atom is -0.356 e. The van der Waals surface area contributed by atoms with E-state index in [0.717, 1.165) is 22.5 Å². The highest BCUT2D eigenvalue weighted by Crippen LogP contribution is 2.49. The van der Waals surface area contributed by atoms with Gasteiger partial charge in [-0.3, -0.25) is 4.98 Å². The molecule has 7 rings (SSSR count). The quantitative estimate of drug-likeness (QED) is 0.292. The minimum absolute atomic E-state index is 1.06. The SMILES string of the molecule is c1cncc(-c2ccc(Nc3ccc(-c4ccc5c6c(cccc46)-c4ccccc4-5)cc3)cc2)c1. The summed E-state index contributed by atoms with van der Waals surface area (Å²) >= 11 is 0. The van der Waals surface area contributed by atoms with Gasteiger partial charge in [0.25, 0.3) is 0 Å². The zero-order chi connectivity index (χ0) is 23.2. The van der Waals surface area contributed by atoms with Crippen LogP contribution in [0.4, 0.5) is 11.4 Å². The van der Waals surface area contributed by atoms with Crippen LogP contribution in [-0.2, 0) is 0 Å². The number of pyridine rings is 1. The summed E-state index contributed by atoms with van der Waals surface area (Å²) in [6.45, 7) is 0. The van der Waals surface area contributed by atoms with Gasteiger partial charge in [-0.15, -0.1) is 0 Å². The first-order valence-corrected chi connectivity index (χ1v) is 11.9. The van der Waals surface area contributed by atoms with Crippen molar-refractivity contribution in [1.82, 2.24) is 4.98 Å². The van der Waals surface area contributed by atoms with E-state index in [-0.39, 0.29) is 0 Å². The molecule has 0 aliphatic heterocycles. The van der Waals surface area contributed by atoms with Crippen molar-refractivity contribution in [3.05, 3.63) is 128 Å². The van der Waals surface area contributed by atoms with Crippen molar-refractivity contribution < 1.29 is 0 Å². The lowest BCUT2D eigenvalue weighted by molar-refractivity contribution is 1.33. The van der Waals surface area contributed by atoms with Crippen LogP contribution >= 0.6 is 0 Å². The van der Waals surface area contributed by atoms with Crippen LogP contribution < -0.4 is 5.32 Å². The van der Waals surface area contributed by atoms with E-state index in [9.17, 15) is 0 Å². The number of aromatic nitrogens is 1. The first-order chi connectivity index (χ1) is 17.3. The van der Waals surface area contributed by atoms with E-state index >= 15 is 0 Å². The van der Waals surface area contributed by atoms with E-state index in [1.165, 1.54) is 44.2 Å². The van der Waals surface area contributed by atoms with Crippen LogP contribution in [-0.4, -0.2) is 4.98 Å². The van der Waals surface area contributed by atoms with Crippen LogP contribution in [0.5, 0.6) is 0 Å².